The summed E-state index contributed by atoms with van der Waals surface area (Å²) in [4.78, 5) is 19.2. The molecule has 0 unspecified atom stereocenters. The number of hydrogen-bond acceptors (Lipinski definition) is 3. The lowest BCUT2D eigenvalue weighted by Gasteiger charge is -2.17. The van der Waals surface area contributed by atoms with Gasteiger partial charge in [0.1, 0.15) is 18.1 Å². The van der Waals surface area contributed by atoms with Crippen molar-refractivity contribution in [2.24, 2.45) is 0 Å². The second-order valence-corrected chi connectivity index (χ2v) is 6.82. The third-order valence-electron chi connectivity index (χ3n) is 4.79. The van der Waals surface area contributed by atoms with Crippen LogP contribution >= 0.6 is 0 Å². The first kappa shape index (κ1) is 19.7. The molecule has 0 saturated carbocycles. The highest BCUT2D eigenvalue weighted by molar-refractivity contribution is 5.83. The van der Waals surface area contributed by atoms with Crippen LogP contribution in [0.3, 0.4) is 0 Å². The number of carbonyl (C=O) groups is 1. The fourth-order valence-corrected chi connectivity index (χ4v) is 3.05. The van der Waals surface area contributed by atoms with E-state index in [1.807, 2.05) is 72.3 Å². The summed E-state index contributed by atoms with van der Waals surface area (Å²) in [6, 6.07) is 15.8. The summed E-state index contributed by atoms with van der Waals surface area (Å²) in [5.74, 6) is 1.69. The number of nitrogens with zero attached hydrogens (tertiary/aromatic N) is 3. The Hall–Kier alpha value is -3.08. The normalized spacial score (nSPS) is 11.2. The Kier molecular flexibility index (Phi) is 6.48. The second-order valence-electron chi connectivity index (χ2n) is 6.82. The SMILES string of the molecule is CCCCN(C)C(=O)Cn1c(/C=C/c2ccc(OC)cc2)nc2ccccc21. The zero-order valence-corrected chi connectivity index (χ0v) is 16.8. The number of aromatic nitrogens is 2. The third-order valence-corrected chi connectivity index (χ3v) is 4.79. The van der Waals surface area contributed by atoms with Crippen molar-refractivity contribution >= 4 is 29.1 Å². The second kappa shape index (κ2) is 9.22. The lowest BCUT2D eigenvalue weighted by atomic mass is 10.2. The first-order valence-electron chi connectivity index (χ1n) is 9.63. The van der Waals surface area contributed by atoms with Gasteiger partial charge in [0, 0.05) is 13.6 Å². The van der Waals surface area contributed by atoms with E-state index >= 15 is 0 Å². The maximum atomic E-state index is 12.7. The van der Waals surface area contributed by atoms with Crippen molar-refractivity contribution in [1.82, 2.24) is 14.5 Å². The van der Waals surface area contributed by atoms with Crippen LogP contribution in [0.25, 0.3) is 23.2 Å². The average Bonchev–Trinajstić information content (AvgIpc) is 3.08. The Bertz CT molecular complexity index is 958. The third kappa shape index (κ3) is 4.60. The van der Waals surface area contributed by atoms with E-state index in [2.05, 4.69) is 6.92 Å². The minimum Gasteiger partial charge on any atom is -0.497 e. The molecule has 0 spiro atoms. The Morgan fingerprint density at radius 3 is 2.61 bits per heavy atom. The number of imidazole rings is 1. The Balaban J connectivity index is 1.88. The van der Waals surface area contributed by atoms with Crippen LogP contribution in [0, 0.1) is 0 Å². The van der Waals surface area contributed by atoms with Crippen LogP contribution < -0.4 is 4.74 Å². The monoisotopic (exact) mass is 377 g/mol. The molecule has 3 aromatic rings. The number of amides is 1. The summed E-state index contributed by atoms with van der Waals surface area (Å²) < 4.78 is 7.19. The summed E-state index contributed by atoms with van der Waals surface area (Å²) in [5, 5.41) is 0. The van der Waals surface area contributed by atoms with Crippen LogP contribution in [0.4, 0.5) is 0 Å². The molecule has 0 aliphatic rings. The zero-order chi connectivity index (χ0) is 19.9. The van der Waals surface area contributed by atoms with Gasteiger partial charge in [0.05, 0.1) is 18.1 Å². The fraction of sp³-hybridized carbons (Fsp3) is 0.304. The maximum Gasteiger partial charge on any atom is 0.242 e. The van der Waals surface area contributed by atoms with E-state index < -0.39 is 0 Å². The summed E-state index contributed by atoms with van der Waals surface area (Å²) in [6.45, 7) is 3.19. The number of likely N-dealkylation sites (N-methyl/N-ethyl adjacent to an activating group) is 1. The van der Waals surface area contributed by atoms with Crippen LogP contribution in [0.15, 0.2) is 48.5 Å². The van der Waals surface area contributed by atoms with Gasteiger partial charge in [-0.25, -0.2) is 4.98 Å². The van der Waals surface area contributed by atoms with Gasteiger partial charge in [-0.15, -0.1) is 0 Å². The van der Waals surface area contributed by atoms with Gasteiger partial charge in [-0.1, -0.05) is 43.7 Å². The van der Waals surface area contributed by atoms with E-state index in [9.17, 15) is 4.79 Å². The largest absolute Gasteiger partial charge is 0.497 e. The van der Waals surface area contributed by atoms with Crippen LogP contribution in [0.2, 0.25) is 0 Å². The van der Waals surface area contributed by atoms with Crippen molar-refractivity contribution in [2.75, 3.05) is 20.7 Å². The van der Waals surface area contributed by atoms with Crippen molar-refractivity contribution in [3.63, 3.8) is 0 Å². The minimum atomic E-state index is 0.0932. The molecule has 0 fully saturated rings. The van der Waals surface area contributed by atoms with Crippen molar-refractivity contribution in [2.45, 2.75) is 26.3 Å². The number of hydrogen-bond donors (Lipinski definition) is 0. The molecule has 1 heterocycles. The summed E-state index contributed by atoms with van der Waals surface area (Å²) >= 11 is 0. The van der Waals surface area contributed by atoms with Gasteiger partial charge >= 0.3 is 0 Å². The number of fused-ring (bicyclic) bond motifs is 1. The number of carbonyl (C=O) groups excluding carboxylic acids is 1. The standard InChI is InChI=1S/C23H27N3O2/c1-4-5-16-25(2)23(27)17-26-21-9-7-6-8-20(21)24-22(26)15-12-18-10-13-19(28-3)14-11-18/h6-15H,4-5,16-17H2,1-3H3/b15-12+. The number of para-hydroxylation sites is 2. The van der Waals surface area contributed by atoms with E-state index in [1.54, 1.807) is 12.0 Å². The van der Waals surface area contributed by atoms with Crippen molar-refractivity contribution in [3.8, 4) is 5.75 Å². The predicted molar refractivity (Wildman–Crippen MR) is 114 cm³/mol. The molecule has 0 atom stereocenters. The summed E-state index contributed by atoms with van der Waals surface area (Å²) in [6.07, 6.45) is 6.04. The number of methoxy groups -OCH3 is 1. The van der Waals surface area contributed by atoms with Crippen LogP contribution in [0.1, 0.15) is 31.2 Å². The number of ether oxygens (including phenoxy) is 1. The van der Waals surface area contributed by atoms with Gasteiger partial charge in [0.2, 0.25) is 5.91 Å². The molecular weight excluding hydrogens is 350 g/mol. The first-order chi connectivity index (χ1) is 13.6. The molecule has 0 aliphatic heterocycles. The van der Waals surface area contributed by atoms with Gasteiger partial charge < -0.3 is 14.2 Å². The van der Waals surface area contributed by atoms with Gasteiger partial charge in [0.15, 0.2) is 0 Å². The van der Waals surface area contributed by atoms with Crippen LogP contribution in [0.5, 0.6) is 5.75 Å². The van der Waals surface area contributed by atoms with E-state index in [1.165, 1.54) is 0 Å². The Morgan fingerprint density at radius 1 is 1.14 bits per heavy atom. The van der Waals surface area contributed by atoms with E-state index in [0.717, 1.165) is 47.6 Å². The number of benzene rings is 2. The van der Waals surface area contributed by atoms with E-state index in [-0.39, 0.29) is 12.5 Å². The topological polar surface area (TPSA) is 47.4 Å². The molecule has 5 nitrogen and oxygen atoms in total. The molecule has 0 radical (unpaired) electrons. The Morgan fingerprint density at radius 2 is 1.89 bits per heavy atom. The highest BCUT2D eigenvalue weighted by Gasteiger charge is 2.14. The van der Waals surface area contributed by atoms with Crippen molar-refractivity contribution in [1.29, 1.82) is 0 Å². The highest BCUT2D eigenvalue weighted by Crippen LogP contribution is 2.19. The minimum absolute atomic E-state index is 0.0932. The summed E-state index contributed by atoms with van der Waals surface area (Å²) in [5.41, 5.74) is 2.90. The molecule has 0 aliphatic carbocycles. The average molecular weight is 377 g/mol. The van der Waals surface area contributed by atoms with Gasteiger partial charge in [-0.05, 0) is 42.3 Å². The van der Waals surface area contributed by atoms with Gasteiger partial charge in [0.25, 0.3) is 0 Å². The molecule has 0 bridgehead atoms. The molecule has 1 amide bonds. The molecule has 3 rings (SSSR count). The lowest BCUT2D eigenvalue weighted by Crippen LogP contribution is -2.31. The molecule has 0 N–H and O–H groups in total. The fourth-order valence-electron chi connectivity index (χ4n) is 3.05. The highest BCUT2D eigenvalue weighted by atomic mass is 16.5. The zero-order valence-electron chi connectivity index (χ0n) is 16.8. The van der Waals surface area contributed by atoms with Crippen LogP contribution in [-0.4, -0.2) is 41.1 Å². The van der Waals surface area contributed by atoms with Gasteiger partial charge in [-0.3, -0.25) is 4.79 Å². The first-order valence-corrected chi connectivity index (χ1v) is 9.63. The predicted octanol–water partition coefficient (Wildman–Crippen LogP) is 4.47. The molecule has 2 aromatic carbocycles. The van der Waals surface area contributed by atoms with E-state index in [0.29, 0.717) is 0 Å². The maximum absolute atomic E-state index is 12.7. The lowest BCUT2D eigenvalue weighted by molar-refractivity contribution is -0.130. The van der Waals surface area contributed by atoms with Crippen molar-refractivity contribution in [3.05, 3.63) is 59.9 Å². The van der Waals surface area contributed by atoms with Crippen molar-refractivity contribution < 1.29 is 9.53 Å². The summed E-state index contributed by atoms with van der Waals surface area (Å²) in [7, 11) is 3.52. The Labute approximate surface area is 166 Å². The molecule has 146 valence electrons. The molecule has 1 aromatic heterocycles. The quantitative estimate of drug-likeness (QED) is 0.582. The molecule has 28 heavy (non-hydrogen) atoms. The number of rotatable bonds is 8. The van der Waals surface area contributed by atoms with E-state index in [4.69, 9.17) is 9.72 Å². The molecular formula is C23H27N3O2. The molecule has 5 heteroatoms. The number of unbranched alkanes of at least 4 members (excludes halogenated alkanes) is 1. The smallest absolute Gasteiger partial charge is 0.242 e. The van der Waals surface area contributed by atoms with Gasteiger partial charge in [-0.2, -0.15) is 0 Å². The van der Waals surface area contributed by atoms with Crippen LogP contribution in [-0.2, 0) is 11.3 Å². The molecule has 0 saturated heterocycles.